The van der Waals surface area contributed by atoms with Gasteiger partial charge in [-0.2, -0.15) is 0 Å². The summed E-state index contributed by atoms with van der Waals surface area (Å²) in [6, 6.07) is 20.6. The molecule has 0 spiro atoms. The summed E-state index contributed by atoms with van der Waals surface area (Å²) in [5.41, 5.74) is 2.41. The zero-order chi connectivity index (χ0) is 15.4. The molecule has 1 heterocycles. The van der Waals surface area contributed by atoms with Crippen molar-refractivity contribution in [3.8, 4) is 0 Å². The third-order valence-corrected chi connectivity index (χ3v) is 4.09. The van der Waals surface area contributed by atoms with E-state index in [4.69, 9.17) is 4.74 Å². The number of para-hydroxylation sites is 1. The molecule has 1 aliphatic rings. The maximum absolute atomic E-state index is 12.1. The number of rotatable bonds is 6. The Hall–Kier alpha value is -2.29. The summed E-state index contributed by atoms with van der Waals surface area (Å²) in [5.74, 6) is -0.107. The van der Waals surface area contributed by atoms with Gasteiger partial charge in [-0.05, 0) is 37.5 Å². The van der Waals surface area contributed by atoms with Gasteiger partial charge in [0.25, 0.3) is 0 Å². The number of anilines is 1. The number of aryl methyl sites for hydroxylation is 1. The van der Waals surface area contributed by atoms with Crippen LogP contribution in [0.25, 0.3) is 0 Å². The quantitative estimate of drug-likeness (QED) is 0.604. The van der Waals surface area contributed by atoms with Crippen LogP contribution in [0.5, 0.6) is 0 Å². The normalized spacial score (nSPS) is 19.8. The molecule has 3 heteroatoms. The second-order valence-corrected chi connectivity index (χ2v) is 5.53. The van der Waals surface area contributed by atoms with Crippen LogP contribution in [0.1, 0.15) is 18.9 Å². The van der Waals surface area contributed by atoms with E-state index in [-0.39, 0.29) is 18.1 Å². The predicted molar refractivity (Wildman–Crippen MR) is 87.9 cm³/mol. The molecule has 2 aromatic rings. The van der Waals surface area contributed by atoms with Crippen molar-refractivity contribution in [2.45, 2.75) is 31.8 Å². The van der Waals surface area contributed by atoms with Crippen LogP contribution in [0.2, 0.25) is 0 Å². The Morgan fingerprint density at radius 2 is 1.68 bits per heavy atom. The molecule has 3 rings (SSSR count). The minimum atomic E-state index is -0.133. The van der Waals surface area contributed by atoms with E-state index in [1.807, 2.05) is 31.2 Å². The molecule has 0 N–H and O–H groups in total. The summed E-state index contributed by atoms with van der Waals surface area (Å²) in [5, 5.41) is 0. The van der Waals surface area contributed by atoms with Crippen LogP contribution in [0.15, 0.2) is 60.7 Å². The van der Waals surface area contributed by atoms with Crippen LogP contribution >= 0.6 is 0 Å². The highest BCUT2D eigenvalue weighted by Crippen LogP contribution is 2.38. The van der Waals surface area contributed by atoms with E-state index in [0.717, 1.165) is 18.5 Å². The lowest BCUT2D eigenvalue weighted by Crippen LogP contribution is -2.16. The fourth-order valence-corrected chi connectivity index (χ4v) is 2.99. The van der Waals surface area contributed by atoms with Crippen molar-refractivity contribution in [1.82, 2.24) is 0 Å². The van der Waals surface area contributed by atoms with E-state index in [9.17, 15) is 4.79 Å². The predicted octanol–water partition coefficient (Wildman–Crippen LogP) is 3.44. The van der Waals surface area contributed by atoms with E-state index < -0.39 is 0 Å². The standard InChI is InChI=1S/C19H21NO2/c1-2-22-19(21)18-17(14-13-15-9-5-3-6-10-15)20(18)16-11-7-4-8-12-16/h3-12,17-18H,2,13-14H2,1H3/t17-,18-,20?/m1/s1. The maximum atomic E-state index is 12.1. The molecular weight excluding hydrogens is 274 g/mol. The summed E-state index contributed by atoms with van der Waals surface area (Å²) in [7, 11) is 0. The zero-order valence-electron chi connectivity index (χ0n) is 12.8. The molecule has 3 nitrogen and oxygen atoms in total. The molecule has 2 aromatic carbocycles. The Bertz CT molecular complexity index is 612. The Balaban J connectivity index is 1.69. The number of hydrogen-bond acceptors (Lipinski definition) is 3. The molecule has 114 valence electrons. The molecular formula is C19H21NO2. The Morgan fingerprint density at radius 3 is 2.32 bits per heavy atom. The number of carbonyl (C=O) groups is 1. The monoisotopic (exact) mass is 295 g/mol. The zero-order valence-corrected chi connectivity index (χ0v) is 12.8. The molecule has 0 radical (unpaired) electrons. The molecule has 0 bridgehead atoms. The average molecular weight is 295 g/mol. The number of nitrogens with zero attached hydrogens (tertiary/aromatic N) is 1. The van der Waals surface area contributed by atoms with E-state index in [1.165, 1.54) is 5.56 Å². The largest absolute Gasteiger partial charge is 0.464 e. The van der Waals surface area contributed by atoms with Gasteiger partial charge < -0.3 is 9.64 Å². The fourth-order valence-electron chi connectivity index (χ4n) is 2.99. The molecule has 22 heavy (non-hydrogen) atoms. The smallest absolute Gasteiger partial charge is 0.330 e. The SMILES string of the molecule is CCOC(=O)[C@H]1[C@@H](CCc2ccccc2)N1c1ccccc1. The van der Waals surface area contributed by atoms with Crippen LogP contribution in [-0.2, 0) is 16.0 Å². The summed E-state index contributed by atoms with van der Waals surface area (Å²) in [4.78, 5) is 14.3. The van der Waals surface area contributed by atoms with Crippen molar-refractivity contribution >= 4 is 11.7 Å². The van der Waals surface area contributed by atoms with E-state index in [0.29, 0.717) is 6.61 Å². The third kappa shape index (κ3) is 3.14. The minimum absolute atomic E-state index is 0.107. The van der Waals surface area contributed by atoms with Gasteiger partial charge in [0.15, 0.2) is 0 Å². The highest BCUT2D eigenvalue weighted by Gasteiger charge is 2.52. The molecule has 0 unspecified atom stereocenters. The van der Waals surface area contributed by atoms with Crippen molar-refractivity contribution < 1.29 is 9.53 Å². The first-order chi connectivity index (χ1) is 10.8. The summed E-state index contributed by atoms with van der Waals surface area (Å²) < 4.78 is 5.22. The first-order valence-electron chi connectivity index (χ1n) is 7.85. The highest BCUT2D eigenvalue weighted by molar-refractivity contribution is 5.88. The molecule has 1 saturated heterocycles. The molecule has 0 aromatic heterocycles. The molecule has 1 aliphatic heterocycles. The summed E-state index contributed by atoms with van der Waals surface area (Å²) in [6.07, 6.45) is 1.94. The van der Waals surface area contributed by atoms with Crippen LogP contribution < -0.4 is 4.90 Å². The van der Waals surface area contributed by atoms with Crippen molar-refractivity contribution in [1.29, 1.82) is 0 Å². The second kappa shape index (κ2) is 6.65. The number of ether oxygens (including phenoxy) is 1. The number of esters is 1. The lowest BCUT2D eigenvalue weighted by atomic mass is 10.1. The van der Waals surface area contributed by atoms with Crippen LogP contribution in [0.4, 0.5) is 5.69 Å². The molecule has 0 amide bonds. The van der Waals surface area contributed by atoms with Gasteiger partial charge in [0.1, 0.15) is 6.04 Å². The number of carbonyl (C=O) groups excluding carboxylic acids is 1. The maximum Gasteiger partial charge on any atom is 0.330 e. The van der Waals surface area contributed by atoms with Crippen molar-refractivity contribution in [2.24, 2.45) is 0 Å². The Morgan fingerprint density at radius 1 is 1.05 bits per heavy atom. The van der Waals surface area contributed by atoms with E-state index >= 15 is 0 Å². The van der Waals surface area contributed by atoms with Gasteiger partial charge in [0.05, 0.1) is 12.6 Å². The van der Waals surface area contributed by atoms with Crippen molar-refractivity contribution in [2.75, 3.05) is 11.5 Å². The lowest BCUT2D eigenvalue weighted by molar-refractivity contribution is -0.142. The first-order valence-corrected chi connectivity index (χ1v) is 7.85. The topological polar surface area (TPSA) is 29.3 Å². The first kappa shape index (κ1) is 14.6. The Kier molecular flexibility index (Phi) is 4.42. The lowest BCUT2D eigenvalue weighted by Gasteiger charge is -2.06. The van der Waals surface area contributed by atoms with Gasteiger partial charge in [-0.15, -0.1) is 0 Å². The molecule has 2 atom stereocenters. The van der Waals surface area contributed by atoms with Crippen LogP contribution in [0, 0.1) is 0 Å². The number of benzene rings is 2. The van der Waals surface area contributed by atoms with Crippen LogP contribution in [0.3, 0.4) is 0 Å². The third-order valence-electron chi connectivity index (χ3n) is 4.09. The fraction of sp³-hybridized carbons (Fsp3) is 0.316. The molecule has 0 aliphatic carbocycles. The molecule has 0 saturated carbocycles. The summed E-state index contributed by atoms with van der Waals surface area (Å²) in [6.45, 7) is 2.29. The number of hydrogen-bond donors (Lipinski definition) is 0. The Labute approximate surface area is 131 Å². The van der Waals surface area contributed by atoms with Gasteiger partial charge in [-0.1, -0.05) is 48.5 Å². The van der Waals surface area contributed by atoms with Crippen molar-refractivity contribution in [3.05, 3.63) is 66.2 Å². The summed E-state index contributed by atoms with van der Waals surface area (Å²) >= 11 is 0. The van der Waals surface area contributed by atoms with Gasteiger partial charge in [-0.3, -0.25) is 0 Å². The van der Waals surface area contributed by atoms with E-state index in [2.05, 4.69) is 41.3 Å². The van der Waals surface area contributed by atoms with E-state index in [1.54, 1.807) is 0 Å². The van der Waals surface area contributed by atoms with Gasteiger partial charge in [0, 0.05) is 5.69 Å². The van der Waals surface area contributed by atoms with Crippen molar-refractivity contribution in [3.63, 3.8) is 0 Å². The average Bonchev–Trinajstić information content (AvgIpc) is 3.29. The molecule has 1 fully saturated rings. The van der Waals surface area contributed by atoms with Gasteiger partial charge in [-0.25, -0.2) is 4.79 Å². The minimum Gasteiger partial charge on any atom is -0.464 e. The highest BCUT2D eigenvalue weighted by atomic mass is 16.5. The van der Waals surface area contributed by atoms with Gasteiger partial charge >= 0.3 is 5.97 Å². The van der Waals surface area contributed by atoms with Crippen LogP contribution in [-0.4, -0.2) is 24.7 Å². The second-order valence-electron chi connectivity index (χ2n) is 5.53. The van der Waals surface area contributed by atoms with Gasteiger partial charge in [0.2, 0.25) is 0 Å².